The van der Waals surface area contributed by atoms with Crippen LogP contribution in [0.15, 0.2) is 0 Å². The number of hydrogen-bond donors (Lipinski definition) is 2. The molecule has 0 aromatic rings. The Kier molecular flexibility index (Phi) is 4.63. The lowest BCUT2D eigenvalue weighted by Gasteiger charge is -2.29. The minimum absolute atomic E-state index is 0.111. The van der Waals surface area contributed by atoms with E-state index in [1.165, 1.54) is 0 Å². The topological polar surface area (TPSA) is 78.9 Å². The number of carboxylic acids is 1. The van der Waals surface area contributed by atoms with Gasteiger partial charge in [-0.15, -0.1) is 0 Å². The molecule has 108 valence electrons. The average Bonchev–Trinajstić information content (AvgIpc) is 2.89. The van der Waals surface area contributed by atoms with Gasteiger partial charge in [0.2, 0.25) is 0 Å². The van der Waals surface area contributed by atoms with E-state index in [1.807, 2.05) is 6.92 Å². The summed E-state index contributed by atoms with van der Waals surface area (Å²) >= 11 is 0. The van der Waals surface area contributed by atoms with E-state index in [0.717, 1.165) is 26.1 Å². The predicted molar refractivity (Wildman–Crippen MR) is 68.9 cm³/mol. The number of amides is 2. The first kappa shape index (κ1) is 14.1. The third kappa shape index (κ3) is 3.59. The van der Waals surface area contributed by atoms with Crippen LogP contribution in [0.3, 0.4) is 0 Å². The van der Waals surface area contributed by atoms with E-state index in [0.29, 0.717) is 25.4 Å². The van der Waals surface area contributed by atoms with Crippen molar-refractivity contribution in [1.82, 2.24) is 10.2 Å². The van der Waals surface area contributed by atoms with Crippen LogP contribution in [-0.2, 0) is 9.53 Å². The highest BCUT2D eigenvalue weighted by atomic mass is 16.5. The molecule has 2 aliphatic heterocycles. The molecule has 2 N–H and O–H groups in total. The second-order valence-corrected chi connectivity index (χ2v) is 5.46. The lowest BCUT2D eigenvalue weighted by molar-refractivity contribution is -0.141. The van der Waals surface area contributed by atoms with Crippen molar-refractivity contribution in [1.29, 1.82) is 0 Å². The number of nitrogens with one attached hydrogen (secondary N) is 1. The minimum Gasteiger partial charge on any atom is -0.481 e. The molecule has 0 saturated carbocycles. The van der Waals surface area contributed by atoms with Gasteiger partial charge in [0.15, 0.2) is 0 Å². The summed E-state index contributed by atoms with van der Waals surface area (Å²) in [5.74, 6) is -0.771. The standard InChI is InChI=1S/C13H22N2O4/c1-9(10-3-6-19-7-4-10)14-13(18)15-5-2-11(8-15)12(16)17/h9-11H,2-8H2,1H3,(H,14,18)(H,16,17). The van der Waals surface area contributed by atoms with Gasteiger partial charge in [-0.3, -0.25) is 4.79 Å². The molecule has 19 heavy (non-hydrogen) atoms. The Hall–Kier alpha value is -1.30. The van der Waals surface area contributed by atoms with Crippen LogP contribution >= 0.6 is 0 Å². The molecule has 6 nitrogen and oxygen atoms in total. The molecule has 0 radical (unpaired) electrons. The van der Waals surface area contributed by atoms with Crippen LogP contribution in [0.25, 0.3) is 0 Å². The zero-order valence-corrected chi connectivity index (χ0v) is 11.3. The quantitative estimate of drug-likeness (QED) is 0.799. The predicted octanol–water partition coefficient (Wildman–Crippen LogP) is 0.918. The monoisotopic (exact) mass is 270 g/mol. The molecule has 0 aliphatic carbocycles. The molecule has 0 spiro atoms. The van der Waals surface area contributed by atoms with Crippen LogP contribution in [-0.4, -0.2) is 54.4 Å². The smallest absolute Gasteiger partial charge is 0.317 e. The van der Waals surface area contributed by atoms with Gasteiger partial charge >= 0.3 is 12.0 Å². The van der Waals surface area contributed by atoms with Crippen LogP contribution in [0.5, 0.6) is 0 Å². The van der Waals surface area contributed by atoms with Crippen LogP contribution < -0.4 is 5.32 Å². The third-order valence-electron chi connectivity index (χ3n) is 4.15. The molecule has 2 unspecified atom stereocenters. The number of rotatable bonds is 3. The van der Waals surface area contributed by atoms with Crippen molar-refractivity contribution in [3.05, 3.63) is 0 Å². The van der Waals surface area contributed by atoms with Gasteiger partial charge in [-0.1, -0.05) is 0 Å². The van der Waals surface area contributed by atoms with E-state index in [1.54, 1.807) is 4.90 Å². The Labute approximate surface area is 113 Å². The summed E-state index contributed by atoms with van der Waals surface area (Å²) in [6.07, 6.45) is 2.49. The molecular weight excluding hydrogens is 248 g/mol. The zero-order valence-electron chi connectivity index (χ0n) is 11.3. The maximum Gasteiger partial charge on any atom is 0.317 e. The molecule has 2 atom stereocenters. The maximum absolute atomic E-state index is 12.1. The molecular formula is C13H22N2O4. The number of carbonyl (C=O) groups excluding carboxylic acids is 1. The Morgan fingerprint density at radius 1 is 1.32 bits per heavy atom. The first-order chi connectivity index (χ1) is 9.08. The first-order valence-electron chi connectivity index (χ1n) is 6.94. The van der Waals surface area contributed by atoms with Crippen molar-refractivity contribution in [3.63, 3.8) is 0 Å². The Morgan fingerprint density at radius 2 is 2.00 bits per heavy atom. The Bertz CT molecular complexity index is 342. The van der Waals surface area contributed by atoms with E-state index < -0.39 is 11.9 Å². The fourth-order valence-electron chi connectivity index (χ4n) is 2.77. The molecule has 0 aromatic carbocycles. The summed E-state index contributed by atoms with van der Waals surface area (Å²) in [5, 5.41) is 11.9. The molecule has 0 bridgehead atoms. The van der Waals surface area contributed by atoms with Crippen LogP contribution in [0.1, 0.15) is 26.2 Å². The number of aliphatic carboxylic acids is 1. The van der Waals surface area contributed by atoms with Crippen molar-refractivity contribution >= 4 is 12.0 Å². The minimum atomic E-state index is -0.812. The number of nitrogens with zero attached hydrogens (tertiary/aromatic N) is 1. The van der Waals surface area contributed by atoms with Crippen molar-refractivity contribution < 1.29 is 19.4 Å². The Morgan fingerprint density at radius 3 is 2.58 bits per heavy atom. The van der Waals surface area contributed by atoms with Gasteiger partial charge in [0.05, 0.1) is 5.92 Å². The second-order valence-electron chi connectivity index (χ2n) is 5.46. The molecule has 2 aliphatic rings. The van der Waals surface area contributed by atoms with Gasteiger partial charge in [-0.05, 0) is 32.1 Å². The van der Waals surface area contributed by atoms with E-state index in [2.05, 4.69) is 5.32 Å². The average molecular weight is 270 g/mol. The van der Waals surface area contributed by atoms with Gasteiger partial charge in [0, 0.05) is 32.3 Å². The molecule has 2 rings (SSSR count). The van der Waals surface area contributed by atoms with Gasteiger partial charge in [-0.2, -0.15) is 0 Å². The molecule has 6 heteroatoms. The van der Waals surface area contributed by atoms with Gasteiger partial charge in [0.1, 0.15) is 0 Å². The van der Waals surface area contributed by atoms with Gasteiger partial charge in [-0.25, -0.2) is 4.79 Å². The Balaban J connectivity index is 1.79. The van der Waals surface area contributed by atoms with Gasteiger partial charge < -0.3 is 20.1 Å². The zero-order chi connectivity index (χ0) is 13.8. The second kappa shape index (κ2) is 6.23. The fraction of sp³-hybridized carbons (Fsp3) is 0.846. The van der Waals surface area contributed by atoms with Crippen molar-refractivity contribution in [2.24, 2.45) is 11.8 Å². The highest BCUT2D eigenvalue weighted by Gasteiger charge is 2.32. The SMILES string of the molecule is CC(NC(=O)N1CCC(C(=O)O)C1)C1CCOCC1. The summed E-state index contributed by atoms with van der Waals surface area (Å²) in [6.45, 7) is 4.38. The third-order valence-corrected chi connectivity index (χ3v) is 4.15. The summed E-state index contributed by atoms with van der Waals surface area (Å²) in [7, 11) is 0. The number of likely N-dealkylation sites (tertiary alicyclic amines) is 1. The van der Waals surface area contributed by atoms with Crippen molar-refractivity contribution in [2.45, 2.75) is 32.2 Å². The molecule has 2 fully saturated rings. The molecule has 2 heterocycles. The number of ether oxygens (including phenoxy) is 1. The fourth-order valence-corrected chi connectivity index (χ4v) is 2.77. The number of carboxylic acid groups (broad SMARTS) is 1. The van der Waals surface area contributed by atoms with Gasteiger partial charge in [0.25, 0.3) is 0 Å². The lowest BCUT2D eigenvalue weighted by Crippen LogP contribution is -2.46. The van der Waals surface area contributed by atoms with E-state index in [9.17, 15) is 9.59 Å². The molecule has 2 amide bonds. The van der Waals surface area contributed by atoms with E-state index in [-0.39, 0.29) is 12.1 Å². The van der Waals surface area contributed by atoms with Crippen molar-refractivity contribution in [3.8, 4) is 0 Å². The molecule has 0 aromatic heterocycles. The van der Waals surface area contributed by atoms with E-state index >= 15 is 0 Å². The summed E-state index contributed by atoms with van der Waals surface area (Å²) in [5.41, 5.74) is 0. The number of urea groups is 1. The summed E-state index contributed by atoms with van der Waals surface area (Å²) in [4.78, 5) is 24.5. The maximum atomic E-state index is 12.1. The van der Waals surface area contributed by atoms with Crippen LogP contribution in [0.4, 0.5) is 4.79 Å². The van der Waals surface area contributed by atoms with Crippen LogP contribution in [0.2, 0.25) is 0 Å². The largest absolute Gasteiger partial charge is 0.481 e. The van der Waals surface area contributed by atoms with Crippen molar-refractivity contribution in [2.75, 3.05) is 26.3 Å². The highest BCUT2D eigenvalue weighted by Crippen LogP contribution is 2.20. The van der Waals surface area contributed by atoms with E-state index in [4.69, 9.17) is 9.84 Å². The summed E-state index contributed by atoms with van der Waals surface area (Å²) in [6, 6.07) is -0.0250. The lowest BCUT2D eigenvalue weighted by atomic mass is 9.93. The summed E-state index contributed by atoms with van der Waals surface area (Å²) < 4.78 is 5.31. The molecule has 2 saturated heterocycles. The number of carbonyl (C=O) groups is 2. The first-order valence-corrected chi connectivity index (χ1v) is 6.94. The normalized spacial score (nSPS) is 26.2. The number of hydrogen-bond acceptors (Lipinski definition) is 3. The highest BCUT2D eigenvalue weighted by molar-refractivity contribution is 5.77. The van der Waals surface area contributed by atoms with Crippen LogP contribution in [0, 0.1) is 11.8 Å².